The zero-order valence-corrected chi connectivity index (χ0v) is 12.3. The average molecular weight is 352 g/mol. The molecule has 1 aliphatic heterocycles. The first-order chi connectivity index (χ1) is 10.1. The summed E-state index contributed by atoms with van der Waals surface area (Å²) in [6, 6.07) is 0. The SMILES string of the molecule is CC(C)(C)OC(=O)CCC1OC(C(F)(F)F)(C(F)(F)F)OC1=O. The van der Waals surface area contributed by atoms with Crippen LogP contribution < -0.4 is 0 Å². The number of rotatable bonds is 3. The molecule has 0 amide bonds. The molecule has 1 unspecified atom stereocenters. The van der Waals surface area contributed by atoms with Crippen molar-refractivity contribution < 1.29 is 50.1 Å². The summed E-state index contributed by atoms with van der Waals surface area (Å²) in [6.45, 7) is 4.55. The summed E-state index contributed by atoms with van der Waals surface area (Å²) in [7, 11) is 0. The molecule has 1 rings (SSSR count). The Labute approximate surface area is 126 Å². The third-order valence-corrected chi connectivity index (χ3v) is 2.59. The fourth-order valence-corrected chi connectivity index (χ4v) is 1.71. The van der Waals surface area contributed by atoms with E-state index in [2.05, 4.69) is 9.47 Å². The van der Waals surface area contributed by atoms with Gasteiger partial charge in [-0.05, 0) is 27.2 Å². The molecule has 0 aromatic heterocycles. The van der Waals surface area contributed by atoms with E-state index >= 15 is 0 Å². The molecular weight excluding hydrogens is 338 g/mol. The van der Waals surface area contributed by atoms with Crippen molar-refractivity contribution in [2.24, 2.45) is 0 Å². The Morgan fingerprint density at radius 2 is 1.61 bits per heavy atom. The quantitative estimate of drug-likeness (QED) is 0.577. The second-order valence-electron chi connectivity index (χ2n) is 5.76. The number of ether oxygens (including phenoxy) is 3. The number of hydrogen-bond acceptors (Lipinski definition) is 5. The first-order valence-corrected chi connectivity index (χ1v) is 6.35. The minimum Gasteiger partial charge on any atom is -0.460 e. The smallest absolute Gasteiger partial charge is 0.460 e. The zero-order valence-electron chi connectivity index (χ0n) is 12.3. The van der Waals surface area contributed by atoms with E-state index in [9.17, 15) is 35.9 Å². The largest absolute Gasteiger partial charge is 0.465 e. The number of alkyl halides is 6. The van der Waals surface area contributed by atoms with Gasteiger partial charge in [0.25, 0.3) is 0 Å². The maximum Gasteiger partial charge on any atom is 0.465 e. The standard InChI is InChI=1S/C12H14F6O5/c1-9(2,3)22-7(19)5-4-6-8(20)23-10(21-6,11(13,14)15)12(16,17)18/h6H,4-5H2,1-3H3. The highest BCUT2D eigenvalue weighted by molar-refractivity contribution is 5.78. The predicted octanol–water partition coefficient (Wildman–Crippen LogP) is 2.87. The number of carbonyl (C=O) groups excluding carboxylic acids is 2. The molecule has 0 saturated carbocycles. The van der Waals surface area contributed by atoms with E-state index in [1.165, 1.54) is 20.8 Å². The minimum atomic E-state index is -6.01. The predicted molar refractivity (Wildman–Crippen MR) is 60.9 cm³/mol. The lowest BCUT2D eigenvalue weighted by Crippen LogP contribution is -2.58. The molecule has 0 spiro atoms. The fourth-order valence-electron chi connectivity index (χ4n) is 1.71. The van der Waals surface area contributed by atoms with Crippen LogP contribution >= 0.6 is 0 Å². The van der Waals surface area contributed by atoms with Gasteiger partial charge in [-0.15, -0.1) is 0 Å². The van der Waals surface area contributed by atoms with E-state index in [0.717, 1.165) is 0 Å². The van der Waals surface area contributed by atoms with Gasteiger partial charge in [-0.25, -0.2) is 4.79 Å². The highest BCUT2D eigenvalue weighted by Crippen LogP contribution is 2.50. The molecule has 0 N–H and O–H groups in total. The van der Waals surface area contributed by atoms with Gasteiger partial charge in [0.2, 0.25) is 0 Å². The lowest BCUT2D eigenvalue weighted by Gasteiger charge is -2.30. The molecule has 0 aromatic rings. The third kappa shape index (κ3) is 4.27. The van der Waals surface area contributed by atoms with Crippen LogP contribution in [0.3, 0.4) is 0 Å². The summed E-state index contributed by atoms with van der Waals surface area (Å²) in [5.74, 6) is -7.76. The molecule has 0 aliphatic carbocycles. The molecule has 1 aliphatic rings. The molecule has 1 saturated heterocycles. The van der Waals surface area contributed by atoms with Crippen molar-refractivity contribution in [3.05, 3.63) is 0 Å². The van der Waals surface area contributed by atoms with Crippen molar-refractivity contribution in [3.63, 3.8) is 0 Å². The summed E-state index contributed by atoms with van der Waals surface area (Å²) in [4.78, 5) is 22.7. The molecular formula is C12H14F6O5. The summed E-state index contributed by atoms with van der Waals surface area (Å²) in [6.07, 6.45) is -15.5. The first kappa shape index (κ1) is 19.5. The molecule has 5 nitrogen and oxygen atoms in total. The van der Waals surface area contributed by atoms with Crippen molar-refractivity contribution in [1.82, 2.24) is 0 Å². The number of carbonyl (C=O) groups is 2. The van der Waals surface area contributed by atoms with Gasteiger partial charge in [0.15, 0.2) is 6.10 Å². The first-order valence-electron chi connectivity index (χ1n) is 6.35. The van der Waals surface area contributed by atoms with Crippen molar-refractivity contribution in [2.75, 3.05) is 0 Å². The molecule has 0 aromatic carbocycles. The van der Waals surface area contributed by atoms with Gasteiger partial charge < -0.3 is 14.2 Å². The second kappa shape index (κ2) is 5.84. The lowest BCUT2D eigenvalue weighted by atomic mass is 10.1. The van der Waals surface area contributed by atoms with Crippen LogP contribution in [0.25, 0.3) is 0 Å². The topological polar surface area (TPSA) is 61.8 Å². The highest BCUT2D eigenvalue weighted by atomic mass is 19.4. The maximum atomic E-state index is 12.7. The van der Waals surface area contributed by atoms with Crippen LogP contribution in [-0.2, 0) is 23.8 Å². The van der Waals surface area contributed by atoms with Gasteiger partial charge in [0.05, 0.1) is 0 Å². The van der Waals surface area contributed by atoms with Gasteiger partial charge in [-0.2, -0.15) is 26.3 Å². The van der Waals surface area contributed by atoms with Crippen LogP contribution in [0.4, 0.5) is 26.3 Å². The number of esters is 2. The summed E-state index contributed by atoms with van der Waals surface area (Å²) < 4.78 is 88.1. The van der Waals surface area contributed by atoms with Crippen LogP contribution in [0.2, 0.25) is 0 Å². The molecule has 1 fully saturated rings. The van der Waals surface area contributed by atoms with Crippen molar-refractivity contribution in [2.45, 2.75) is 63.5 Å². The van der Waals surface area contributed by atoms with Crippen LogP contribution in [-0.4, -0.2) is 41.8 Å². The number of cyclic esters (lactones) is 1. The van der Waals surface area contributed by atoms with E-state index < -0.39 is 54.6 Å². The van der Waals surface area contributed by atoms with Crippen molar-refractivity contribution in [1.29, 1.82) is 0 Å². The summed E-state index contributed by atoms with van der Waals surface area (Å²) >= 11 is 0. The molecule has 0 bridgehead atoms. The molecule has 0 radical (unpaired) electrons. The molecule has 11 heteroatoms. The van der Waals surface area contributed by atoms with E-state index in [0.29, 0.717) is 0 Å². The van der Waals surface area contributed by atoms with Crippen LogP contribution in [0.1, 0.15) is 33.6 Å². The average Bonchev–Trinajstić information content (AvgIpc) is 2.61. The summed E-state index contributed by atoms with van der Waals surface area (Å²) in [5.41, 5.74) is -0.893. The zero-order chi connectivity index (χ0) is 18.3. The lowest BCUT2D eigenvalue weighted by molar-refractivity contribution is -0.439. The van der Waals surface area contributed by atoms with E-state index in [4.69, 9.17) is 4.74 Å². The Morgan fingerprint density at radius 3 is 1.96 bits per heavy atom. The van der Waals surface area contributed by atoms with Crippen LogP contribution in [0.15, 0.2) is 0 Å². The summed E-state index contributed by atoms with van der Waals surface area (Å²) in [5, 5.41) is 0. The molecule has 1 heterocycles. The molecule has 134 valence electrons. The van der Waals surface area contributed by atoms with Gasteiger partial charge in [-0.3, -0.25) is 4.79 Å². The fraction of sp³-hybridized carbons (Fsp3) is 0.833. The Balaban J connectivity index is 2.82. The van der Waals surface area contributed by atoms with E-state index in [-0.39, 0.29) is 0 Å². The Morgan fingerprint density at radius 1 is 1.13 bits per heavy atom. The number of halogens is 6. The van der Waals surface area contributed by atoms with Gasteiger partial charge in [0.1, 0.15) is 5.60 Å². The van der Waals surface area contributed by atoms with Gasteiger partial charge in [0, 0.05) is 6.42 Å². The maximum absolute atomic E-state index is 12.7. The second-order valence-corrected chi connectivity index (χ2v) is 5.76. The van der Waals surface area contributed by atoms with Crippen LogP contribution in [0.5, 0.6) is 0 Å². The van der Waals surface area contributed by atoms with Gasteiger partial charge in [-0.1, -0.05) is 0 Å². The number of hydrogen-bond donors (Lipinski definition) is 0. The Kier molecular flexibility index (Phi) is 4.96. The normalized spacial score (nSPS) is 22.0. The highest BCUT2D eigenvalue weighted by Gasteiger charge is 2.80. The van der Waals surface area contributed by atoms with Crippen LogP contribution in [0, 0.1) is 0 Å². The molecule has 1 atom stereocenters. The van der Waals surface area contributed by atoms with E-state index in [1.54, 1.807) is 0 Å². The Bertz CT molecular complexity index is 462. The van der Waals surface area contributed by atoms with Gasteiger partial charge >= 0.3 is 30.1 Å². The minimum absolute atomic E-state index is 0.608. The van der Waals surface area contributed by atoms with E-state index in [1.807, 2.05) is 0 Å². The monoisotopic (exact) mass is 352 g/mol. The third-order valence-electron chi connectivity index (χ3n) is 2.59. The van der Waals surface area contributed by atoms with Crippen molar-refractivity contribution in [3.8, 4) is 0 Å². The Hall–Kier alpha value is -1.52. The van der Waals surface area contributed by atoms with Crippen molar-refractivity contribution >= 4 is 11.9 Å². The molecule has 23 heavy (non-hydrogen) atoms.